The van der Waals surface area contributed by atoms with E-state index in [0.29, 0.717) is 0 Å². The number of carbonyl (C=O) groups excluding carboxylic acids is 1. The molecule has 2 N–H and O–H groups in total. The van der Waals surface area contributed by atoms with Crippen molar-refractivity contribution in [3.8, 4) is 0 Å². The molecule has 0 aliphatic carbocycles. The molecule has 0 saturated carbocycles. The van der Waals surface area contributed by atoms with Gasteiger partial charge in [0.2, 0.25) is 0 Å². The second-order valence-corrected chi connectivity index (χ2v) is 7.23. The molecule has 1 unspecified atom stereocenters. The molecule has 3 rings (SSSR count). The number of ether oxygens (including phenoxy) is 1. The number of carbonyl (C=O) groups is 1. The lowest BCUT2D eigenvalue weighted by Crippen LogP contribution is -3.12. The van der Waals surface area contributed by atoms with Crippen molar-refractivity contribution in [1.29, 1.82) is 0 Å². The molecule has 7 heteroatoms. The van der Waals surface area contributed by atoms with E-state index in [1.165, 1.54) is 10.9 Å². The lowest BCUT2D eigenvalue weighted by Gasteiger charge is -2.21. The van der Waals surface area contributed by atoms with Gasteiger partial charge in [-0.05, 0) is 36.4 Å². The van der Waals surface area contributed by atoms with Crippen molar-refractivity contribution in [3.05, 3.63) is 52.2 Å². The fourth-order valence-corrected chi connectivity index (χ4v) is 3.78. The van der Waals surface area contributed by atoms with Gasteiger partial charge in [0.25, 0.3) is 5.91 Å². The highest BCUT2D eigenvalue weighted by Gasteiger charge is 2.24. The summed E-state index contributed by atoms with van der Waals surface area (Å²) in [5, 5.41) is 4.66. The summed E-state index contributed by atoms with van der Waals surface area (Å²) < 4.78 is 31.9. The van der Waals surface area contributed by atoms with Gasteiger partial charge in [0.1, 0.15) is 19.2 Å². The Morgan fingerprint density at radius 3 is 2.88 bits per heavy atom. The number of hydrogen-bond acceptors (Lipinski definition) is 3. The summed E-state index contributed by atoms with van der Waals surface area (Å²) in [6.07, 6.45) is 2.24. The first-order valence-corrected chi connectivity index (χ1v) is 9.20. The minimum atomic E-state index is -0.972. The van der Waals surface area contributed by atoms with Crippen molar-refractivity contribution in [2.75, 3.05) is 25.0 Å². The van der Waals surface area contributed by atoms with Crippen LogP contribution in [0.15, 0.2) is 35.7 Å². The van der Waals surface area contributed by atoms with Crippen LogP contribution in [0.4, 0.5) is 14.5 Å². The van der Waals surface area contributed by atoms with Crippen LogP contribution in [0, 0.1) is 11.6 Å². The first kappa shape index (κ1) is 18.0. The molecule has 134 valence electrons. The Kier molecular flexibility index (Phi) is 6.12. The highest BCUT2D eigenvalue weighted by atomic mass is 32.1. The van der Waals surface area contributed by atoms with Gasteiger partial charge < -0.3 is 15.0 Å². The summed E-state index contributed by atoms with van der Waals surface area (Å²) >= 11 is 1.66. The zero-order valence-corrected chi connectivity index (χ0v) is 14.6. The predicted octanol–water partition coefficient (Wildman–Crippen LogP) is 2.23. The molecule has 1 amide bonds. The van der Waals surface area contributed by atoms with Crippen LogP contribution in [0.2, 0.25) is 0 Å². The van der Waals surface area contributed by atoms with Crippen LogP contribution in [-0.4, -0.2) is 31.7 Å². The van der Waals surface area contributed by atoms with E-state index in [0.717, 1.165) is 49.6 Å². The van der Waals surface area contributed by atoms with E-state index >= 15 is 0 Å². The molecule has 25 heavy (non-hydrogen) atoms. The van der Waals surface area contributed by atoms with Gasteiger partial charge in [-0.25, -0.2) is 8.78 Å². The molecule has 1 aromatic carbocycles. The second-order valence-electron chi connectivity index (χ2n) is 6.20. The lowest BCUT2D eigenvalue weighted by atomic mass is 10.2. The van der Waals surface area contributed by atoms with Gasteiger partial charge in [0.05, 0.1) is 4.88 Å². The molecule has 0 radical (unpaired) electrons. The Morgan fingerprint density at radius 2 is 2.20 bits per heavy atom. The van der Waals surface area contributed by atoms with Gasteiger partial charge in [-0.2, -0.15) is 0 Å². The van der Waals surface area contributed by atoms with E-state index < -0.39 is 11.6 Å². The number of thiophene rings is 1. The zero-order chi connectivity index (χ0) is 17.6. The molecule has 0 bridgehead atoms. The molecule has 1 aliphatic heterocycles. The normalized spacial score (nSPS) is 18.2. The van der Waals surface area contributed by atoms with Crippen LogP contribution in [0.5, 0.6) is 0 Å². The van der Waals surface area contributed by atoms with Crippen LogP contribution < -0.4 is 10.2 Å². The van der Waals surface area contributed by atoms with Gasteiger partial charge in [0.15, 0.2) is 18.2 Å². The number of amides is 1. The lowest BCUT2D eigenvalue weighted by molar-refractivity contribution is -0.908. The van der Waals surface area contributed by atoms with Gasteiger partial charge in [-0.1, -0.05) is 6.07 Å². The molecule has 2 aromatic rings. The molecule has 4 nitrogen and oxygen atoms in total. The van der Waals surface area contributed by atoms with Crippen molar-refractivity contribution in [1.82, 2.24) is 0 Å². The summed E-state index contributed by atoms with van der Waals surface area (Å²) in [5.74, 6) is -2.13. The van der Waals surface area contributed by atoms with Gasteiger partial charge >= 0.3 is 0 Å². The molecule has 1 fully saturated rings. The summed E-state index contributed by atoms with van der Waals surface area (Å²) in [6, 6.07) is 7.40. The molecular formula is C18H21F2N2O2S+. The quantitative estimate of drug-likeness (QED) is 0.788. The smallest absolute Gasteiger partial charge is 0.279 e. The number of nitrogens with one attached hydrogen (secondary N) is 2. The first-order chi connectivity index (χ1) is 12.1. The highest BCUT2D eigenvalue weighted by molar-refractivity contribution is 7.09. The van der Waals surface area contributed by atoms with Gasteiger partial charge in [0, 0.05) is 18.4 Å². The number of quaternary nitrogens is 1. The van der Waals surface area contributed by atoms with E-state index in [1.54, 1.807) is 11.3 Å². The van der Waals surface area contributed by atoms with E-state index in [-0.39, 0.29) is 24.2 Å². The number of hydrogen-bond donors (Lipinski definition) is 2. The number of anilines is 1. The highest BCUT2D eigenvalue weighted by Crippen LogP contribution is 2.13. The monoisotopic (exact) mass is 367 g/mol. The fourth-order valence-electron chi connectivity index (χ4n) is 3.00. The zero-order valence-electron chi connectivity index (χ0n) is 13.8. The fraction of sp³-hybridized carbons (Fsp3) is 0.389. The summed E-state index contributed by atoms with van der Waals surface area (Å²) in [7, 11) is 0. The van der Waals surface area contributed by atoms with E-state index in [9.17, 15) is 13.6 Å². The van der Waals surface area contributed by atoms with Crippen molar-refractivity contribution in [2.24, 2.45) is 0 Å². The van der Waals surface area contributed by atoms with Crippen molar-refractivity contribution < 1.29 is 23.2 Å². The number of benzene rings is 1. The molecule has 1 aliphatic rings. The van der Waals surface area contributed by atoms with Crippen molar-refractivity contribution >= 4 is 22.9 Å². The number of rotatable bonds is 7. The van der Waals surface area contributed by atoms with E-state index in [2.05, 4.69) is 5.32 Å². The third-order valence-corrected chi connectivity index (χ3v) is 5.03. The maximum atomic E-state index is 13.3. The maximum Gasteiger partial charge on any atom is 0.279 e. The number of halogens is 2. The third kappa shape index (κ3) is 5.32. The maximum absolute atomic E-state index is 13.3. The molecule has 1 saturated heterocycles. The van der Waals surface area contributed by atoms with Crippen molar-refractivity contribution in [3.63, 3.8) is 0 Å². The molecular weight excluding hydrogens is 346 g/mol. The van der Waals surface area contributed by atoms with Crippen LogP contribution in [-0.2, 0) is 16.1 Å². The van der Waals surface area contributed by atoms with E-state index in [1.807, 2.05) is 17.5 Å². The average molecular weight is 367 g/mol. The summed E-state index contributed by atoms with van der Waals surface area (Å²) in [4.78, 5) is 14.6. The molecule has 1 aromatic heterocycles. The Labute approximate surface area is 149 Å². The average Bonchev–Trinajstić information content (AvgIpc) is 3.25. The van der Waals surface area contributed by atoms with Crippen LogP contribution in [0.3, 0.4) is 0 Å². The van der Waals surface area contributed by atoms with Crippen LogP contribution >= 0.6 is 11.3 Å². The predicted molar refractivity (Wildman–Crippen MR) is 92.7 cm³/mol. The van der Waals surface area contributed by atoms with Gasteiger partial charge in [-0.3, -0.25) is 4.79 Å². The molecule has 2 atom stereocenters. The molecule has 0 spiro atoms. The standard InChI is InChI=1S/C18H20F2N2O2S/c19-16-6-5-13(9-17(16)20)21-18(23)12-22(10-14-3-1-7-24-14)11-15-4-2-8-25-15/h2,4-6,8-9,14H,1,3,7,10-12H2,(H,21,23)/p+1/t14-/m0/s1. The Hall–Kier alpha value is -1.83. The largest absolute Gasteiger partial charge is 0.372 e. The topological polar surface area (TPSA) is 42.8 Å². The van der Waals surface area contributed by atoms with E-state index in [4.69, 9.17) is 4.74 Å². The summed E-state index contributed by atoms with van der Waals surface area (Å²) in [5.41, 5.74) is 0.261. The third-order valence-electron chi connectivity index (χ3n) is 4.16. The van der Waals surface area contributed by atoms with Gasteiger partial charge in [-0.15, -0.1) is 11.3 Å². The SMILES string of the molecule is O=C(C[NH+](Cc1cccs1)C[C@@H]1CCCO1)Nc1ccc(F)c(F)c1. The van der Waals surface area contributed by atoms with Crippen molar-refractivity contribution in [2.45, 2.75) is 25.5 Å². The minimum Gasteiger partial charge on any atom is -0.372 e. The molecule has 2 heterocycles. The Balaban J connectivity index is 1.61. The minimum absolute atomic E-state index is 0.172. The van der Waals surface area contributed by atoms with Crippen LogP contribution in [0.25, 0.3) is 0 Å². The second kappa shape index (κ2) is 8.51. The van der Waals surface area contributed by atoms with Crippen LogP contribution in [0.1, 0.15) is 17.7 Å². The Bertz CT molecular complexity index is 703. The summed E-state index contributed by atoms with van der Waals surface area (Å²) in [6.45, 7) is 2.51. The first-order valence-electron chi connectivity index (χ1n) is 8.32. The Morgan fingerprint density at radius 1 is 1.32 bits per heavy atom.